The lowest BCUT2D eigenvalue weighted by molar-refractivity contribution is -0.145. The lowest BCUT2D eigenvalue weighted by Gasteiger charge is -2.39. The molecule has 124 valence electrons. The van der Waals surface area contributed by atoms with Crippen LogP contribution in [-0.4, -0.2) is 40.0 Å². The van der Waals surface area contributed by atoms with Crippen LogP contribution in [0.25, 0.3) is 0 Å². The molecule has 0 saturated carbocycles. The number of carboxylic acids is 1. The molecule has 1 aromatic heterocycles. The fourth-order valence-electron chi connectivity index (χ4n) is 3.19. The van der Waals surface area contributed by atoms with Crippen molar-refractivity contribution in [2.75, 3.05) is 13.1 Å². The van der Waals surface area contributed by atoms with E-state index < -0.39 is 17.2 Å². The van der Waals surface area contributed by atoms with Crippen molar-refractivity contribution in [2.45, 2.75) is 18.3 Å². The van der Waals surface area contributed by atoms with Crippen molar-refractivity contribution in [1.82, 2.24) is 9.88 Å². The van der Waals surface area contributed by atoms with Gasteiger partial charge in [0.05, 0.1) is 17.2 Å². The first-order valence-corrected chi connectivity index (χ1v) is 7.72. The van der Waals surface area contributed by atoms with Crippen LogP contribution in [0.2, 0.25) is 0 Å². The van der Waals surface area contributed by atoms with Gasteiger partial charge >= 0.3 is 5.97 Å². The van der Waals surface area contributed by atoms with Crippen LogP contribution >= 0.6 is 0 Å². The highest BCUT2D eigenvalue weighted by atomic mass is 19.1. The molecule has 0 bridgehead atoms. The maximum atomic E-state index is 13.2. The summed E-state index contributed by atoms with van der Waals surface area (Å²) in [6.07, 6.45) is 3.00. The number of amides is 1. The normalized spacial score (nSPS) is 16.6. The van der Waals surface area contributed by atoms with Crippen molar-refractivity contribution in [3.05, 3.63) is 65.7 Å². The van der Waals surface area contributed by atoms with Crippen LogP contribution < -0.4 is 0 Å². The van der Waals surface area contributed by atoms with Gasteiger partial charge in [0.1, 0.15) is 5.82 Å². The molecule has 6 heteroatoms. The topological polar surface area (TPSA) is 70.5 Å². The van der Waals surface area contributed by atoms with Gasteiger partial charge in [0, 0.05) is 19.3 Å². The average Bonchev–Trinajstić information content (AvgIpc) is 2.62. The summed E-state index contributed by atoms with van der Waals surface area (Å²) in [5, 5.41) is 9.76. The molecule has 1 N–H and O–H groups in total. The van der Waals surface area contributed by atoms with Gasteiger partial charge in [0.2, 0.25) is 0 Å². The van der Waals surface area contributed by atoms with E-state index in [1.807, 2.05) is 30.3 Å². The second-order valence-electron chi connectivity index (χ2n) is 5.94. The smallest absolute Gasteiger partial charge is 0.314 e. The summed E-state index contributed by atoms with van der Waals surface area (Å²) in [7, 11) is 0. The number of benzene rings is 1. The van der Waals surface area contributed by atoms with Gasteiger partial charge in [0.15, 0.2) is 0 Å². The van der Waals surface area contributed by atoms with E-state index in [9.17, 15) is 19.1 Å². The second kappa shape index (κ2) is 6.39. The van der Waals surface area contributed by atoms with Gasteiger partial charge in [-0.25, -0.2) is 4.39 Å². The van der Waals surface area contributed by atoms with E-state index in [0.29, 0.717) is 25.9 Å². The molecule has 24 heavy (non-hydrogen) atoms. The highest BCUT2D eigenvalue weighted by Crippen LogP contribution is 2.36. The molecule has 5 nitrogen and oxygen atoms in total. The standard InChI is InChI=1S/C18H17FN2O3/c19-15-10-13(11-20-12-15)16(22)21-8-6-18(7-9-21,17(23)24)14-4-2-1-3-5-14/h1-5,10-12H,6-9H2,(H,23,24). The van der Waals surface area contributed by atoms with Crippen LogP contribution in [0.5, 0.6) is 0 Å². The number of carbonyl (C=O) groups is 2. The molecule has 0 spiro atoms. The first kappa shape index (κ1) is 16.1. The summed E-state index contributed by atoms with van der Waals surface area (Å²) in [5.41, 5.74) is -0.0624. The Morgan fingerprint density at radius 2 is 1.79 bits per heavy atom. The number of aromatic nitrogens is 1. The first-order valence-electron chi connectivity index (χ1n) is 7.72. The molecule has 1 saturated heterocycles. The Labute approximate surface area is 138 Å². The lowest BCUT2D eigenvalue weighted by atomic mass is 9.73. The van der Waals surface area contributed by atoms with Gasteiger partial charge < -0.3 is 10.0 Å². The Kier molecular flexibility index (Phi) is 4.29. The van der Waals surface area contributed by atoms with Crippen LogP contribution in [-0.2, 0) is 10.2 Å². The molecule has 0 aliphatic carbocycles. The Hall–Kier alpha value is -2.76. The maximum Gasteiger partial charge on any atom is 0.314 e. The number of pyridine rings is 1. The van der Waals surface area contributed by atoms with Gasteiger partial charge in [-0.1, -0.05) is 30.3 Å². The van der Waals surface area contributed by atoms with E-state index in [4.69, 9.17) is 0 Å². The molecule has 1 fully saturated rings. The predicted octanol–water partition coefficient (Wildman–Crippen LogP) is 2.48. The molecular formula is C18H17FN2O3. The average molecular weight is 328 g/mol. The minimum Gasteiger partial charge on any atom is -0.481 e. The molecule has 3 rings (SSSR count). The minimum atomic E-state index is -0.988. The molecule has 2 heterocycles. The van der Waals surface area contributed by atoms with E-state index in [2.05, 4.69) is 4.98 Å². The summed E-state index contributed by atoms with van der Waals surface area (Å²) in [6, 6.07) is 10.2. The quantitative estimate of drug-likeness (QED) is 0.940. The first-order chi connectivity index (χ1) is 11.5. The second-order valence-corrected chi connectivity index (χ2v) is 5.94. The van der Waals surface area contributed by atoms with E-state index in [1.165, 1.54) is 6.20 Å². The number of rotatable bonds is 3. The van der Waals surface area contributed by atoms with Crippen molar-refractivity contribution in [2.24, 2.45) is 0 Å². The SMILES string of the molecule is O=C(c1cncc(F)c1)N1CCC(C(=O)O)(c2ccccc2)CC1. The number of aliphatic carboxylic acids is 1. The van der Waals surface area contributed by atoms with Gasteiger partial charge in [-0.05, 0) is 24.5 Å². The number of carbonyl (C=O) groups excluding carboxylic acids is 1. The molecule has 0 atom stereocenters. The predicted molar refractivity (Wildman–Crippen MR) is 85.1 cm³/mol. The van der Waals surface area contributed by atoms with Gasteiger partial charge in [-0.3, -0.25) is 14.6 Å². The summed E-state index contributed by atoms with van der Waals surface area (Å²) in [5.74, 6) is -1.77. The zero-order valence-electron chi connectivity index (χ0n) is 13.0. The summed E-state index contributed by atoms with van der Waals surface area (Å²) >= 11 is 0. The monoisotopic (exact) mass is 328 g/mol. The Balaban J connectivity index is 1.79. The number of halogens is 1. The van der Waals surface area contributed by atoms with Crippen LogP contribution in [0.1, 0.15) is 28.8 Å². The van der Waals surface area contributed by atoms with Gasteiger partial charge in [0.25, 0.3) is 5.91 Å². The van der Waals surface area contributed by atoms with E-state index in [0.717, 1.165) is 17.8 Å². The zero-order valence-corrected chi connectivity index (χ0v) is 13.0. The van der Waals surface area contributed by atoms with Crippen LogP contribution in [0.15, 0.2) is 48.8 Å². The number of piperidine rings is 1. The van der Waals surface area contributed by atoms with Crippen molar-refractivity contribution in [3.63, 3.8) is 0 Å². The van der Waals surface area contributed by atoms with Crippen LogP contribution in [0.4, 0.5) is 4.39 Å². The van der Waals surface area contributed by atoms with Gasteiger partial charge in [-0.15, -0.1) is 0 Å². The Morgan fingerprint density at radius 1 is 1.12 bits per heavy atom. The molecule has 1 aliphatic rings. The van der Waals surface area contributed by atoms with Crippen molar-refractivity contribution in [1.29, 1.82) is 0 Å². The van der Waals surface area contributed by atoms with Crippen LogP contribution in [0.3, 0.4) is 0 Å². The molecule has 1 amide bonds. The summed E-state index contributed by atoms with van der Waals surface area (Å²) in [6.45, 7) is 0.604. The molecule has 0 unspecified atom stereocenters. The third-order valence-corrected chi connectivity index (χ3v) is 4.59. The molecule has 1 aromatic carbocycles. The Bertz CT molecular complexity index is 756. The number of likely N-dealkylation sites (tertiary alicyclic amines) is 1. The van der Waals surface area contributed by atoms with E-state index in [1.54, 1.807) is 4.90 Å². The van der Waals surface area contributed by atoms with Gasteiger partial charge in [-0.2, -0.15) is 0 Å². The fourth-order valence-corrected chi connectivity index (χ4v) is 3.19. The Morgan fingerprint density at radius 3 is 2.38 bits per heavy atom. The molecule has 1 aliphatic heterocycles. The summed E-state index contributed by atoms with van der Waals surface area (Å²) < 4.78 is 13.2. The third kappa shape index (κ3) is 2.87. The number of hydrogen-bond acceptors (Lipinski definition) is 3. The lowest BCUT2D eigenvalue weighted by Crippen LogP contribution is -2.49. The number of carboxylic acid groups (broad SMARTS) is 1. The summed E-state index contributed by atoms with van der Waals surface area (Å²) in [4.78, 5) is 29.6. The highest BCUT2D eigenvalue weighted by molar-refractivity contribution is 5.94. The molecular weight excluding hydrogens is 311 g/mol. The van der Waals surface area contributed by atoms with Crippen molar-refractivity contribution >= 4 is 11.9 Å². The minimum absolute atomic E-state index is 0.178. The number of hydrogen-bond donors (Lipinski definition) is 1. The molecule has 0 radical (unpaired) electrons. The third-order valence-electron chi connectivity index (χ3n) is 4.59. The van der Waals surface area contributed by atoms with Crippen molar-refractivity contribution < 1.29 is 19.1 Å². The zero-order chi connectivity index (χ0) is 17.2. The maximum absolute atomic E-state index is 13.2. The van der Waals surface area contributed by atoms with E-state index >= 15 is 0 Å². The molecule has 2 aromatic rings. The highest BCUT2D eigenvalue weighted by Gasteiger charge is 2.43. The fraction of sp³-hybridized carbons (Fsp3) is 0.278. The number of nitrogens with zero attached hydrogens (tertiary/aromatic N) is 2. The largest absolute Gasteiger partial charge is 0.481 e. The van der Waals surface area contributed by atoms with E-state index in [-0.39, 0.29) is 11.5 Å². The van der Waals surface area contributed by atoms with Crippen LogP contribution in [0, 0.1) is 5.82 Å². The van der Waals surface area contributed by atoms with Crippen molar-refractivity contribution in [3.8, 4) is 0 Å².